The van der Waals surface area contributed by atoms with Gasteiger partial charge in [0.1, 0.15) is 22.1 Å². The average molecular weight is 795 g/mol. The molecule has 4 amide bonds. The topological polar surface area (TPSA) is 134 Å². The molecular weight excluding hydrogens is 745 g/mol. The first-order valence-corrected chi connectivity index (χ1v) is 21.3. The predicted molar refractivity (Wildman–Crippen MR) is 222 cm³/mol. The van der Waals surface area contributed by atoms with Gasteiger partial charge >= 0.3 is 6.09 Å². The Balaban J connectivity index is 1.06. The van der Waals surface area contributed by atoms with Crippen molar-refractivity contribution >= 4 is 66.9 Å². The molecule has 0 radical (unpaired) electrons. The summed E-state index contributed by atoms with van der Waals surface area (Å²) in [5.41, 5.74) is 6.10. The summed E-state index contributed by atoms with van der Waals surface area (Å²) >= 11 is 3.26. The highest BCUT2D eigenvalue weighted by Crippen LogP contribution is 2.40. The van der Waals surface area contributed by atoms with Gasteiger partial charge in [-0.1, -0.05) is 71.0 Å². The zero-order valence-electron chi connectivity index (χ0n) is 32.8. The molecule has 2 aliphatic rings. The molecule has 3 aromatic carbocycles. The number of rotatable bonds is 11. The van der Waals surface area contributed by atoms with Crippen LogP contribution in [0.5, 0.6) is 0 Å². The SMILES string of the molecule is CCC(=O)N[C@H](C(=O)N1CCC[C@H]1c1nc2cc(-c3ccc(-c4ccc5sc([C@@H]6CCCN6C(=O)[C@@H](NC(=O)OC)C(C)C)nc5c4)cc3)ccc2s1)C(C)C. The van der Waals surface area contributed by atoms with Gasteiger partial charge in [-0.3, -0.25) is 14.4 Å². The van der Waals surface area contributed by atoms with Crippen LogP contribution in [-0.4, -0.2) is 75.9 Å². The number of ether oxygens (including phenoxy) is 1. The molecule has 2 N–H and O–H groups in total. The highest BCUT2D eigenvalue weighted by molar-refractivity contribution is 7.19. The Labute approximate surface area is 335 Å². The van der Waals surface area contributed by atoms with Crippen molar-refractivity contribution < 1.29 is 23.9 Å². The van der Waals surface area contributed by atoms with Crippen LogP contribution < -0.4 is 10.6 Å². The lowest BCUT2D eigenvalue weighted by molar-refractivity contribution is -0.138. The Hall–Kier alpha value is -4.88. The van der Waals surface area contributed by atoms with Crippen LogP contribution in [0, 0.1) is 11.8 Å². The number of methoxy groups -OCH3 is 1. The minimum atomic E-state index is -0.668. The van der Waals surface area contributed by atoms with Crippen LogP contribution in [0.25, 0.3) is 42.7 Å². The summed E-state index contributed by atoms with van der Waals surface area (Å²) in [6.07, 6.45) is 3.20. The Morgan fingerprint density at radius 3 is 1.54 bits per heavy atom. The summed E-state index contributed by atoms with van der Waals surface area (Å²) in [4.78, 5) is 65.4. The molecule has 11 nitrogen and oxygen atoms in total. The van der Waals surface area contributed by atoms with Crippen molar-refractivity contribution in [2.24, 2.45) is 11.8 Å². The fraction of sp³-hybridized carbons (Fsp3) is 0.442. The van der Waals surface area contributed by atoms with E-state index < -0.39 is 18.2 Å². The molecule has 2 fully saturated rings. The minimum Gasteiger partial charge on any atom is -0.453 e. The van der Waals surface area contributed by atoms with Crippen molar-refractivity contribution in [2.75, 3.05) is 20.2 Å². The molecule has 0 bridgehead atoms. The van der Waals surface area contributed by atoms with Gasteiger partial charge in [0.2, 0.25) is 17.7 Å². The number of nitrogens with zero attached hydrogens (tertiary/aromatic N) is 4. The van der Waals surface area contributed by atoms with Crippen LogP contribution in [0.2, 0.25) is 0 Å². The van der Waals surface area contributed by atoms with E-state index in [1.54, 1.807) is 29.6 Å². The van der Waals surface area contributed by atoms with Gasteiger partial charge in [0.25, 0.3) is 0 Å². The highest BCUT2D eigenvalue weighted by atomic mass is 32.1. The van der Waals surface area contributed by atoms with Gasteiger partial charge in [-0.2, -0.15) is 0 Å². The zero-order valence-corrected chi connectivity index (χ0v) is 34.5. The van der Waals surface area contributed by atoms with Crippen LogP contribution in [0.15, 0.2) is 60.7 Å². The molecule has 0 unspecified atom stereocenters. The molecule has 13 heteroatoms. The number of nitrogens with one attached hydrogen (secondary N) is 2. The standard InChI is InChI=1S/C43H50N6O5S2/c1-7-36(50)46-37(24(2)3)41(51)48-20-8-10-32(48)39-44-30-22-28(16-18-34(30)55-39)26-12-14-27(15-13-26)29-17-19-35-31(23-29)45-40(56-35)33-11-9-21-49(33)42(52)38(25(4)5)47-43(53)54-6/h12-19,22-25,32-33,37-38H,7-11,20-21H2,1-6H3,(H,46,50)(H,47,53)/t32-,33-,37-,38-/m0/s1. The van der Waals surface area contributed by atoms with Crippen LogP contribution in [-0.2, 0) is 19.1 Å². The van der Waals surface area contributed by atoms with Crippen molar-refractivity contribution in [3.63, 3.8) is 0 Å². The molecule has 2 saturated heterocycles. The van der Waals surface area contributed by atoms with Gasteiger partial charge in [0.15, 0.2) is 0 Å². The van der Waals surface area contributed by atoms with Crippen molar-refractivity contribution in [3.05, 3.63) is 70.7 Å². The lowest BCUT2D eigenvalue weighted by atomic mass is 10.00. The van der Waals surface area contributed by atoms with Crippen molar-refractivity contribution in [1.82, 2.24) is 30.4 Å². The van der Waals surface area contributed by atoms with Crippen molar-refractivity contribution in [1.29, 1.82) is 0 Å². The number of hydrogen-bond acceptors (Lipinski definition) is 9. The van der Waals surface area contributed by atoms with Crippen molar-refractivity contribution in [3.8, 4) is 22.3 Å². The van der Waals surface area contributed by atoms with Crippen LogP contribution in [0.1, 0.15) is 88.8 Å². The molecule has 7 rings (SSSR count). The second-order valence-electron chi connectivity index (χ2n) is 15.4. The smallest absolute Gasteiger partial charge is 0.407 e. The summed E-state index contributed by atoms with van der Waals surface area (Å²) in [6, 6.07) is 19.8. The molecule has 0 aliphatic carbocycles. The molecule has 2 aromatic heterocycles. The number of hydrogen-bond donors (Lipinski definition) is 2. The molecule has 294 valence electrons. The second-order valence-corrected chi connectivity index (χ2v) is 17.6. The highest BCUT2D eigenvalue weighted by Gasteiger charge is 2.39. The van der Waals surface area contributed by atoms with E-state index in [1.807, 2.05) is 37.5 Å². The lowest BCUT2D eigenvalue weighted by Gasteiger charge is -2.30. The summed E-state index contributed by atoms with van der Waals surface area (Å²) in [7, 11) is 1.30. The number of carbonyl (C=O) groups is 4. The van der Waals surface area contributed by atoms with E-state index in [2.05, 4.69) is 71.3 Å². The summed E-state index contributed by atoms with van der Waals surface area (Å²) in [6.45, 7) is 10.9. The Bertz CT molecular complexity index is 2090. The number of carbonyl (C=O) groups excluding carboxylic acids is 4. The van der Waals surface area contributed by atoms with Gasteiger partial charge in [-0.05, 0) is 84.0 Å². The largest absolute Gasteiger partial charge is 0.453 e. The summed E-state index contributed by atoms with van der Waals surface area (Å²) < 4.78 is 6.93. The van der Waals surface area contributed by atoms with Gasteiger partial charge in [0.05, 0.1) is 39.6 Å². The maximum absolute atomic E-state index is 13.7. The van der Waals surface area contributed by atoms with E-state index in [4.69, 9.17) is 14.7 Å². The number of alkyl carbamates (subject to hydrolysis) is 1. The molecular formula is C43H50N6O5S2. The van der Waals surface area contributed by atoms with E-state index >= 15 is 0 Å². The first-order valence-electron chi connectivity index (χ1n) is 19.6. The maximum atomic E-state index is 13.7. The van der Waals surface area contributed by atoms with Crippen LogP contribution >= 0.6 is 22.7 Å². The Morgan fingerprint density at radius 1 is 0.696 bits per heavy atom. The average Bonchev–Trinajstić information content (AvgIpc) is 4.03. The Morgan fingerprint density at radius 2 is 1.12 bits per heavy atom. The summed E-state index contributed by atoms with van der Waals surface area (Å²) in [5.74, 6) is -0.352. The lowest BCUT2D eigenvalue weighted by Crippen LogP contribution is -2.51. The zero-order chi connectivity index (χ0) is 39.7. The minimum absolute atomic E-state index is 0.0129. The second kappa shape index (κ2) is 16.7. The molecule has 5 aromatic rings. The molecule has 2 aliphatic heterocycles. The van der Waals surface area contributed by atoms with Crippen molar-refractivity contribution in [2.45, 2.75) is 90.9 Å². The van der Waals surface area contributed by atoms with E-state index in [0.29, 0.717) is 19.5 Å². The normalized spacial score (nSPS) is 18.2. The maximum Gasteiger partial charge on any atom is 0.407 e. The number of benzene rings is 3. The third-order valence-corrected chi connectivity index (χ3v) is 13.2. The predicted octanol–water partition coefficient (Wildman–Crippen LogP) is 8.50. The van der Waals surface area contributed by atoms with E-state index in [1.165, 1.54) is 7.11 Å². The number of thiazole rings is 2. The van der Waals surface area contributed by atoms with Crippen LogP contribution in [0.3, 0.4) is 0 Å². The van der Waals surface area contributed by atoms with Gasteiger partial charge in [0, 0.05) is 19.5 Å². The fourth-order valence-corrected chi connectivity index (χ4v) is 10.0. The molecule has 4 heterocycles. The fourth-order valence-electron chi connectivity index (χ4n) is 7.81. The quantitative estimate of drug-likeness (QED) is 0.137. The summed E-state index contributed by atoms with van der Waals surface area (Å²) in [5, 5.41) is 7.51. The Kier molecular flexibility index (Phi) is 11.7. The van der Waals surface area contributed by atoms with E-state index in [0.717, 1.165) is 78.4 Å². The van der Waals surface area contributed by atoms with E-state index in [-0.39, 0.29) is 41.6 Å². The third kappa shape index (κ3) is 8.02. The number of likely N-dealkylation sites (tertiary alicyclic amines) is 2. The van der Waals surface area contributed by atoms with E-state index in [9.17, 15) is 19.2 Å². The number of aromatic nitrogens is 2. The van der Waals surface area contributed by atoms with Crippen LogP contribution in [0.4, 0.5) is 4.79 Å². The first-order chi connectivity index (χ1) is 26.9. The van der Waals surface area contributed by atoms with Gasteiger partial charge in [-0.15, -0.1) is 22.7 Å². The number of amides is 4. The number of fused-ring (bicyclic) bond motifs is 2. The van der Waals surface area contributed by atoms with Gasteiger partial charge < -0.3 is 25.2 Å². The molecule has 0 spiro atoms. The molecule has 0 saturated carbocycles. The first kappa shape index (κ1) is 39.4. The molecule has 56 heavy (non-hydrogen) atoms. The van der Waals surface area contributed by atoms with Gasteiger partial charge in [-0.25, -0.2) is 14.8 Å². The molecule has 4 atom stereocenters. The monoisotopic (exact) mass is 794 g/mol. The third-order valence-electron chi connectivity index (χ3n) is 11.0.